The maximum Gasteiger partial charge on any atom is 0.0236 e. The highest BCUT2D eigenvalue weighted by atomic mass is 35.5. The van der Waals surface area contributed by atoms with Gasteiger partial charge in [-0.1, -0.05) is 13.8 Å². The molecule has 0 N–H and O–H groups in total. The van der Waals surface area contributed by atoms with Crippen LogP contribution in [-0.2, 0) is 0 Å². The quantitative estimate of drug-likeness (QED) is 0.440. The van der Waals surface area contributed by atoms with Gasteiger partial charge < -0.3 is 0 Å². The standard InChI is InChI=1S/C5H11ClS/c1-5(2,7)3-4-6/h7H,3-4H2,1-2H3. The largest absolute Gasteiger partial charge is 0.173 e. The van der Waals surface area contributed by atoms with Crippen molar-refractivity contribution in [2.45, 2.75) is 25.0 Å². The second kappa shape index (κ2) is 2.83. The minimum Gasteiger partial charge on any atom is -0.173 e. The third-order valence-corrected chi connectivity index (χ3v) is 1.12. The van der Waals surface area contributed by atoms with Crippen LogP contribution in [0.2, 0.25) is 0 Å². The Morgan fingerprint density at radius 1 is 1.57 bits per heavy atom. The summed E-state index contributed by atoms with van der Waals surface area (Å²) in [5, 5.41) is 0. The topological polar surface area (TPSA) is 0 Å². The maximum atomic E-state index is 5.44. The van der Waals surface area contributed by atoms with Gasteiger partial charge in [0.15, 0.2) is 0 Å². The Hall–Kier alpha value is 0.640. The fraction of sp³-hybridized carbons (Fsp3) is 1.00. The zero-order valence-corrected chi connectivity index (χ0v) is 6.39. The molecule has 0 aromatic carbocycles. The highest BCUT2D eigenvalue weighted by Gasteiger charge is 2.08. The first-order chi connectivity index (χ1) is 3.06. The fourth-order valence-corrected chi connectivity index (χ4v) is 0.947. The van der Waals surface area contributed by atoms with Crippen LogP contribution in [0.25, 0.3) is 0 Å². The van der Waals surface area contributed by atoms with E-state index in [4.69, 9.17) is 11.6 Å². The molecule has 0 rings (SSSR count). The summed E-state index contributed by atoms with van der Waals surface area (Å²) in [5.74, 6) is 0.705. The van der Waals surface area contributed by atoms with Crippen molar-refractivity contribution >= 4 is 24.2 Å². The Bertz CT molecular complexity index is 46.5. The molecule has 0 aromatic heterocycles. The van der Waals surface area contributed by atoms with Crippen LogP contribution in [0.4, 0.5) is 0 Å². The van der Waals surface area contributed by atoms with Crippen molar-refractivity contribution in [2.75, 3.05) is 5.88 Å². The predicted molar refractivity (Wildman–Crippen MR) is 38.4 cm³/mol. The molecule has 0 amide bonds. The molecule has 0 spiro atoms. The van der Waals surface area contributed by atoms with E-state index in [9.17, 15) is 0 Å². The molecule has 0 bridgehead atoms. The Morgan fingerprint density at radius 3 is 2.00 bits per heavy atom. The molecule has 0 aliphatic carbocycles. The van der Waals surface area contributed by atoms with Crippen LogP contribution in [0.15, 0.2) is 0 Å². The number of hydrogen-bond acceptors (Lipinski definition) is 1. The molecule has 0 aliphatic heterocycles. The Morgan fingerprint density at radius 2 is 2.00 bits per heavy atom. The minimum atomic E-state index is 0.113. The molecule has 0 unspecified atom stereocenters. The van der Waals surface area contributed by atoms with Crippen LogP contribution in [0, 0.1) is 0 Å². The number of alkyl halides is 1. The van der Waals surface area contributed by atoms with E-state index < -0.39 is 0 Å². The molecule has 0 nitrogen and oxygen atoms in total. The second-order valence-corrected chi connectivity index (χ2v) is 3.84. The number of halogens is 1. The highest BCUT2D eigenvalue weighted by Crippen LogP contribution is 2.16. The lowest BCUT2D eigenvalue weighted by molar-refractivity contribution is 0.695. The Labute approximate surface area is 55.7 Å². The van der Waals surface area contributed by atoms with Crippen molar-refractivity contribution in [3.05, 3.63) is 0 Å². The van der Waals surface area contributed by atoms with Crippen LogP contribution in [0.3, 0.4) is 0 Å². The van der Waals surface area contributed by atoms with E-state index >= 15 is 0 Å². The second-order valence-electron chi connectivity index (χ2n) is 2.25. The van der Waals surface area contributed by atoms with Gasteiger partial charge in [0.05, 0.1) is 0 Å². The van der Waals surface area contributed by atoms with Gasteiger partial charge in [0.1, 0.15) is 0 Å². The monoisotopic (exact) mass is 138 g/mol. The minimum absolute atomic E-state index is 0.113. The molecule has 0 saturated carbocycles. The molecule has 0 aliphatic rings. The Balaban J connectivity index is 3.15. The first-order valence-electron chi connectivity index (χ1n) is 2.34. The number of hydrogen-bond donors (Lipinski definition) is 1. The summed E-state index contributed by atoms with van der Waals surface area (Å²) >= 11 is 9.69. The van der Waals surface area contributed by atoms with E-state index in [1.165, 1.54) is 0 Å². The summed E-state index contributed by atoms with van der Waals surface area (Å²) in [6, 6.07) is 0. The first kappa shape index (κ1) is 7.64. The van der Waals surface area contributed by atoms with Gasteiger partial charge in [-0.25, -0.2) is 0 Å². The van der Waals surface area contributed by atoms with Crippen molar-refractivity contribution in [3.63, 3.8) is 0 Å². The van der Waals surface area contributed by atoms with Crippen molar-refractivity contribution in [1.82, 2.24) is 0 Å². The summed E-state index contributed by atoms with van der Waals surface area (Å²) in [5.41, 5.74) is 0. The SMILES string of the molecule is CC(C)(S)CCCl. The third-order valence-electron chi connectivity index (χ3n) is 0.706. The lowest BCUT2D eigenvalue weighted by Crippen LogP contribution is -2.09. The van der Waals surface area contributed by atoms with E-state index in [1.54, 1.807) is 0 Å². The molecule has 0 heterocycles. The molecule has 0 saturated heterocycles. The molecule has 0 fully saturated rings. The summed E-state index contributed by atoms with van der Waals surface area (Å²) < 4.78 is 0.113. The van der Waals surface area contributed by atoms with Crippen LogP contribution in [0.1, 0.15) is 20.3 Å². The van der Waals surface area contributed by atoms with Gasteiger partial charge in [-0.2, -0.15) is 12.6 Å². The zero-order chi connectivity index (χ0) is 5.91. The number of rotatable bonds is 2. The molecule has 7 heavy (non-hydrogen) atoms. The van der Waals surface area contributed by atoms with E-state index in [0.29, 0.717) is 5.88 Å². The maximum absolute atomic E-state index is 5.44. The number of thiol groups is 1. The summed E-state index contributed by atoms with van der Waals surface area (Å²) in [7, 11) is 0. The van der Waals surface area contributed by atoms with Crippen molar-refractivity contribution in [1.29, 1.82) is 0 Å². The van der Waals surface area contributed by atoms with Gasteiger partial charge in [0.25, 0.3) is 0 Å². The smallest absolute Gasteiger partial charge is 0.0236 e. The van der Waals surface area contributed by atoms with Gasteiger partial charge in [-0.3, -0.25) is 0 Å². The molecule has 0 radical (unpaired) electrons. The summed E-state index contributed by atoms with van der Waals surface area (Å²) in [6.07, 6.45) is 0.970. The van der Waals surface area contributed by atoms with Gasteiger partial charge in [0.2, 0.25) is 0 Å². The van der Waals surface area contributed by atoms with E-state index in [2.05, 4.69) is 26.5 Å². The Kier molecular flexibility index (Phi) is 3.09. The van der Waals surface area contributed by atoms with Crippen LogP contribution >= 0.6 is 24.2 Å². The average Bonchev–Trinajstić information content (AvgIpc) is 1.30. The zero-order valence-electron chi connectivity index (χ0n) is 4.74. The van der Waals surface area contributed by atoms with Gasteiger partial charge in [-0.15, -0.1) is 11.6 Å². The van der Waals surface area contributed by atoms with Crippen LogP contribution in [0.5, 0.6) is 0 Å². The lowest BCUT2D eigenvalue weighted by Gasteiger charge is -2.13. The van der Waals surface area contributed by atoms with Crippen molar-refractivity contribution < 1.29 is 0 Å². The molecule has 44 valence electrons. The van der Waals surface area contributed by atoms with E-state index in [-0.39, 0.29) is 4.75 Å². The normalized spacial score (nSPS) is 12.0. The van der Waals surface area contributed by atoms with Gasteiger partial charge in [-0.05, 0) is 6.42 Å². The van der Waals surface area contributed by atoms with Crippen LogP contribution < -0.4 is 0 Å². The van der Waals surface area contributed by atoms with Crippen LogP contribution in [-0.4, -0.2) is 10.6 Å². The summed E-state index contributed by atoms with van der Waals surface area (Å²) in [6.45, 7) is 4.11. The molecular weight excluding hydrogens is 128 g/mol. The van der Waals surface area contributed by atoms with Gasteiger partial charge >= 0.3 is 0 Å². The molecular formula is C5H11ClS. The molecule has 0 aromatic rings. The molecule has 0 atom stereocenters. The highest BCUT2D eigenvalue weighted by molar-refractivity contribution is 7.81. The fourth-order valence-electron chi connectivity index (χ4n) is 0.231. The van der Waals surface area contributed by atoms with E-state index in [0.717, 1.165) is 6.42 Å². The van der Waals surface area contributed by atoms with Crippen molar-refractivity contribution in [3.8, 4) is 0 Å². The van der Waals surface area contributed by atoms with Gasteiger partial charge in [0, 0.05) is 10.6 Å². The predicted octanol–water partition coefficient (Wildman–Crippen LogP) is 2.32. The third kappa shape index (κ3) is 6.64. The molecule has 2 heteroatoms. The lowest BCUT2D eigenvalue weighted by atomic mass is 10.1. The van der Waals surface area contributed by atoms with E-state index in [1.807, 2.05) is 0 Å². The van der Waals surface area contributed by atoms with Crippen molar-refractivity contribution in [2.24, 2.45) is 0 Å². The first-order valence-corrected chi connectivity index (χ1v) is 3.33. The summed E-state index contributed by atoms with van der Waals surface area (Å²) in [4.78, 5) is 0. The average molecular weight is 139 g/mol.